The number of aryl methyl sites for hydroxylation is 2. The van der Waals surface area contributed by atoms with E-state index >= 15 is 0 Å². The summed E-state index contributed by atoms with van der Waals surface area (Å²) < 4.78 is 11.6. The van der Waals surface area contributed by atoms with Crippen LogP contribution in [0.1, 0.15) is 27.9 Å². The Bertz CT molecular complexity index is 1490. The van der Waals surface area contributed by atoms with Crippen LogP contribution in [0.2, 0.25) is 0 Å². The molecule has 1 aliphatic heterocycles. The van der Waals surface area contributed by atoms with Crippen molar-refractivity contribution < 1.29 is 19.4 Å². The molecule has 0 aliphatic carbocycles. The maximum absolute atomic E-state index is 12.8. The lowest BCUT2D eigenvalue weighted by molar-refractivity contribution is -0.113. The van der Waals surface area contributed by atoms with Crippen LogP contribution in [0.25, 0.3) is 11.4 Å². The standard InChI is InChI=1S/C28H26N4O4S/c1-16-6-4-8-20(10-16)30-24(34)15-37-28-23-12-22-19(14-33)13-29-17(2)25(22)36-27(23)31-26(32-28)18-7-5-9-21(11-18)35-3/h4-11,13,33H,12,14-15H2,1-3H3,(H,30,34). The number of nitrogens with one attached hydrogen (secondary N) is 1. The molecule has 0 saturated heterocycles. The Labute approximate surface area is 219 Å². The van der Waals surface area contributed by atoms with E-state index in [0.717, 1.165) is 27.9 Å². The van der Waals surface area contributed by atoms with Crippen LogP contribution in [0.15, 0.2) is 59.8 Å². The summed E-state index contributed by atoms with van der Waals surface area (Å²) in [7, 11) is 1.61. The molecule has 4 aromatic rings. The number of nitrogens with zero attached hydrogens (tertiary/aromatic N) is 3. The smallest absolute Gasteiger partial charge is 0.234 e. The molecule has 188 valence electrons. The van der Waals surface area contributed by atoms with E-state index in [1.54, 1.807) is 13.3 Å². The number of hydrogen-bond acceptors (Lipinski definition) is 8. The fourth-order valence-corrected chi connectivity index (χ4v) is 4.98. The molecule has 37 heavy (non-hydrogen) atoms. The SMILES string of the molecule is COc1cccc(-c2nc3c(c(SCC(=O)Nc4cccc(C)c4)n2)Cc2c(CO)cnc(C)c2O3)c1. The number of fused-ring (bicyclic) bond motifs is 2. The van der Waals surface area contributed by atoms with Crippen LogP contribution >= 0.6 is 11.8 Å². The number of hydrogen-bond donors (Lipinski definition) is 2. The van der Waals surface area contributed by atoms with E-state index in [9.17, 15) is 9.90 Å². The van der Waals surface area contributed by atoms with Gasteiger partial charge in [-0.25, -0.2) is 4.98 Å². The van der Waals surface area contributed by atoms with Gasteiger partial charge in [-0.1, -0.05) is 36.0 Å². The van der Waals surface area contributed by atoms with Crippen LogP contribution in [0.5, 0.6) is 17.4 Å². The number of thioether (sulfide) groups is 1. The van der Waals surface area contributed by atoms with E-state index in [1.807, 2.05) is 62.4 Å². The summed E-state index contributed by atoms with van der Waals surface area (Å²) in [6.07, 6.45) is 2.13. The highest BCUT2D eigenvalue weighted by molar-refractivity contribution is 8.00. The zero-order valence-electron chi connectivity index (χ0n) is 20.7. The number of carbonyl (C=O) groups excluding carboxylic acids is 1. The first-order valence-electron chi connectivity index (χ1n) is 11.8. The molecular weight excluding hydrogens is 488 g/mol. The van der Waals surface area contributed by atoms with Gasteiger partial charge in [0.2, 0.25) is 11.8 Å². The summed E-state index contributed by atoms with van der Waals surface area (Å²) in [5, 5.41) is 13.5. The van der Waals surface area contributed by atoms with Gasteiger partial charge in [-0.3, -0.25) is 9.78 Å². The third-order valence-corrected chi connectivity index (χ3v) is 7.05. The highest BCUT2D eigenvalue weighted by Crippen LogP contribution is 2.42. The quantitative estimate of drug-likeness (QED) is 0.229. The lowest BCUT2D eigenvalue weighted by Gasteiger charge is -2.24. The number of aromatic nitrogens is 3. The van der Waals surface area contributed by atoms with Crippen LogP contribution in [-0.2, 0) is 17.8 Å². The van der Waals surface area contributed by atoms with E-state index in [1.165, 1.54) is 11.8 Å². The summed E-state index contributed by atoms with van der Waals surface area (Å²) in [6.45, 7) is 3.69. The normalized spacial score (nSPS) is 11.8. The van der Waals surface area contributed by atoms with Gasteiger partial charge in [0.25, 0.3) is 0 Å². The molecular formula is C28H26N4O4S. The number of methoxy groups -OCH3 is 1. The Morgan fingerprint density at radius 3 is 2.76 bits per heavy atom. The zero-order chi connectivity index (χ0) is 25.9. The van der Waals surface area contributed by atoms with Crippen LogP contribution in [0.4, 0.5) is 5.69 Å². The lowest BCUT2D eigenvalue weighted by Crippen LogP contribution is -2.16. The maximum atomic E-state index is 12.8. The third-order valence-electron chi connectivity index (χ3n) is 6.03. The van der Waals surface area contributed by atoms with Crippen molar-refractivity contribution in [2.45, 2.75) is 31.9 Å². The first-order chi connectivity index (χ1) is 17.9. The molecule has 0 fully saturated rings. The van der Waals surface area contributed by atoms with E-state index < -0.39 is 0 Å². The maximum Gasteiger partial charge on any atom is 0.234 e. The number of amides is 1. The van der Waals surface area contributed by atoms with Crippen molar-refractivity contribution in [3.63, 3.8) is 0 Å². The van der Waals surface area contributed by atoms with Crippen LogP contribution in [-0.4, -0.2) is 38.8 Å². The Kier molecular flexibility index (Phi) is 7.07. The predicted octanol–water partition coefficient (Wildman–Crippen LogP) is 5.08. The fourth-order valence-electron chi connectivity index (χ4n) is 4.16. The van der Waals surface area contributed by atoms with Gasteiger partial charge in [0.15, 0.2) is 11.6 Å². The average Bonchev–Trinajstić information content (AvgIpc) is 2.91. The summed E-state index contributed by atoms with van der Waals surface area (Å²) in [6, 6.07) is 15.2. The summed E-state index contributed by atoms with van der Waals surface area (Å²) in [5.74, 6) is 2.18. The van der Waals surface area contributed by atoms with Crippen LogP contribution < -0.4 is 14.8 Å². The van der Waals surface area contributed by atoms with E-state index in [4.69, 9.17) is 19.4 Å². The molecule has 2 N–H and O–H groups in total. The third kappa shape index (κ3) is 5.28. The van der Waals surface area contributed by atoms with Crippen molar-refractivity contribution in [2.24, 2.45) is 0 Å². The second kappa shape index (κ2) is 10.6. The van der Waals surface area contributed by atoms with Gasteiger partial charge in [-0.05, 0) is 43.7 Å². The minimum absolute atomic E-state index is 0.140. The Morgan fingerprint density at radius 1 is 1.14 bits per heavy atom. The van der Waals surface area contributed by atoms with Gasteiger partial charge in [-0.15, -0.1) is 0 Å². The molecule has 0 atom stereocenters. The summed E-state index contributed by atoms with van der Waals surface area (Å²) >= 11 is 1.33. The molecule has 0 bridgehead atoms. The van der Waals surface area contributed by atoms with Crippen molar-refractivity contribution in [2.75, 3.05) is 18.2 Å². The number of rotatable bonds is 7. The highest BCUT2D eigenvalue weighted by atomic mass is 32.2. The topological polar surface area (TPSA) is 106 Å². The Hall–Kier alpha value is -3.95. The monoisotopic (exact) mass is 514 g/mol. The van der Waals surface area contributed by atoms with Crippen molar-refractivity contribution in [1.29, 1.82) is 0 Å². The van der Waals surface area contributed by atoms with Gasteiger partial charge in [-0.2, -0.15) is 4.98 Å². The molecule has 0 spiro atoms. The van der Waals surface area contributed by atoms with Crippen molar-refractivity contribution in [3.05, 3.63) is 82.7 Å². The molecule has 0 unspecified atom stereocenters. The van der Waals surface area contributed by atoms with Gasteiger partial charge in [0, 0.05) is 35.0 Å². The average molecular weight is 515 g/mol. The molecule has 8 nitrogen and oxygen atoms in total. The lowest BCUT2D eigenvalue weighted by atomic mass is 9.99. The number of ether oxygens (including phenoxy) is 2. The second-order valence-corrected chi connectivity index (χ2v) is 9.65. The molecule has 3 heterocycles. The van der Waals surface area contributed by atoms with Gasteiger partial charge >= 0.3 is 0 Å². The Balaban J connectivity index is 1.50. The predicted molar refractivity (Wildman–Crippen MR) is 142 cm³/mol. The van der Waals surface area contributed by atoms with E-state index in [-0.39, 0.29) is 18.3 Å². The molecule has 2 aromatic carbocycles. The Morgan fingerprint density at radius 2 is 1.97 bits per heavy atom. The number of benzene rings is 2. The van der Waals surface area contributed by atoms with Crippen molar-refractivity contribution in [3.8, 4) is 28.8 Å². The number of pyridine rings is 1. The van der Waals surface area contributed by atoms with Crippen molar-refractivity contribution >= 4 is 23.4 Å². The molecule has 5 rings (SSSR count). The summed E-state index contributed by atoms with van der Waals surface area (Å²) in [5.41, 5.74) is 5.61. The minimum Gasteiger partial charge on any atom is -0.497 e. The molecule has 0 saturated carbocycles. The zero-order valence-corrected chi connectivity index (χ0v) is 21.6. The molecule has 0 radical (unpaired) electrons. The molecule has 2 aromatic heterocycles. The number of carbonyl (C=O) groups is 1. The largest absolute Gasteiger partial charge is 0.497 e. The van der Waals surface area contributed by atoms with Gasteiger partial charge in [0.05, 0.1) is 30.7 Å². The number of aliphatic hydroxyl groups is 1. The second-order valence-electron chi connectivity index (χ2n) is 8.69. The molecule has 1 amide bonds. The molecule has 9 heteroatoms. The summed E-state index contributed by atoms with van der Waals surface area (Å²) in [4.78, 5) is 26.7. The van der Waals surface area contributed by atoms with E-state index in [0.29, 0.717) is 45.9 Å². The van der Waals surface area contributed by atoms with Crippen LogP contribution in [0, 0.1) is 13.8 Å². The molecule has 1 aliphatic rings. The van der Waals surface area contributed by atoms with Crippen molar-refractivity contribution in [1.82, 2.24) is 15.0 Å². The fraction of sp³-hybridized carbons (Fsp3) is 0.214. The van der Waals surface area contributed by atoms with Gasteiger partial charge in [0.1, 0.15) is 10.8 Å². The van der Waals surface area contributed by atoms with E-state index in [2.05, 4.69) is 10.3 Å². The highest BCUT2D eigenvalue weighted by Gasteiger charge is 2.28. The first kappa shape index (κ1) is 24.7. The number of aliphatic hydroxyl groups excluding tert-OH is 1. The van der Waals surface area contributed by atoms with Crippen LogP contribution in [0.3, 0.4) is 0 Å². The number of anilines is 1. The first-order valence-corrected chi connectivity index (χ1v) is 12.7. The van der Waals surface area contributed by atoms with Gasteiger partial charge < -0.3 is 19.9 Å². The minimum atomic E-state index is -0.154.